The molecule has 0 atom stereocenters. The van der Waals surface area contributed by atoms with Gasteiger partial charge >= 0.3 is 6.18 Å². The number of pyridine rings is 1. The molecule has 0 aliphatic heterocycles. The number of alkyl halides is 3. The average molecular weight is 341 g/mol. The van der Waals surface area contributed by atoms with Crippen LogP contribution in [0.4, 0.5) is 13.2 Å². The molecule has 0 spiro atoms. The SMILES string of the molecule is CN(C)S(=O)(=O)c1ccc(=O)n(CC(=O)NCC(F)(F)F)c1. The average Bonchev–Trinajstić information content (AvgIpc) is 2.37. The molecule has 1 amide bonds. The molecule has 7 nitrogen and oxygen atoms in total. The van der Waals surface area contributed by atoms with E-state index in [1.807, 2.05) is 0 Å². The summed E-state index contributed by atoms with van der Waals surface area (Å²) in [7, 11) is -1.27. The van der Waals surface area contributed by atoms with Crippen LogP contribution in [0, 0.1) is 0 Å². The maximum absolute atomic E-state index is 12.0. The van der Waals surface area contributed by atoms with Crippen LogP contribution in [0.15, 0.2) is 28.0 Å². The summed E-state index contributed by atoms with van der Waals surface area (Å²) in [5.74, 6) is -1.06. The van der Waals surface area contributed by atoms with Crippen LogP contribution < -0.4 is 10.9 Å². The van der Waals surface area contributed by atoms with Crippen molar-refractivity contribution in [2.75, 3.05) is 20.6 Å². The summed E-state index contributed by atoms with van der Waals surface area (Å²) in [6, 6.07) is 1.98. The van der Waals surface area contributed by atoms with E-state index in [0.717, 1.165) is 27.2 Å². The molecule has 1 aromatic heterocycles. The first-order valence-corrected chi connectivity index (χ1v) is 7.34. The lowest BCUT2D eigenvalue weighted by Gasteiger charge is -2.13. The minimum Gasteiger partial charge on any atom is -0.345 e. The molecule has 0 radical (unpaired) electrons. The zero-order valence-electron chi connectivity index (χ0n) is 11.7. The van der Waals surface area contributed by atoms with E-state index in [1.54, 1.807) is 5.32 Å². The van der Waals surface area contributed by atoms with Crippen molar-refractivity contribution in [2.45, 2.75) is 17.6 Å². The number of carbonyl (C=O) groups is 1. The highest BCUT2D eigenvalue weighted by molar-refractivity contribution is 7.89. The van der Waals surface area contributed by atoms with Gasteiger partial charge in [0, 0.05) is 26.4 Å². The van der Waals surface area contributed by atoms with Crippen LogP contribution in [0.1, 0.15) is 0 Å². The summed E-state index contributed by atoms with van der Waals surface area (Å²) in [5.41, 5.74) is -0.708. The predicted octanol–water partition coefficient (Wildman–Crippen LogP) is -0.223. The van der Waals surface area contributed by atoms with E-state index >= 15 is 0 Å². The lowest BCUT2D eigenvalue weighted by Crippen LogP contribution is -2.37. The van der Waals surface area contributed by atoms with Gasteiger partial charge in [-0.15, -0.1) is 0 Å². The van der Waals surface area contributed by atoms with Crippen molar-refractivity contribution in [3.05, 3.63) is 28.7 Å². The molecule has 124 valence electrons. The van der Waals surface area contributed by atoms with Crippen molar-refractivity contribution in [3.63, 3.8) is 0 Å². The van der Waals surface area contributed by atoms with Gasteiger partial charge in [0.1, 0.15) is 13.1 Å². The van der Waals surface area contributed by atoms with Crippen molar-refractivity contribution in [2.24, 2.45) is 0 Å². The Morgan fingerprint density at radius 1 is 1.32 bits per heavy atom. The van der Waals surface area contributed by atoms with Gasteiger partial charge in [0.25, 0.3) is 5.56 Å². The van der Waals surface area contributed by atoms with Gasteiger partial charge in [0.2, 0.25) is 15.9 Å². The fourth-order valence-corrected chi connectivity index (χ4v) is 2.33. The lowest BCUT2D eigenvalue weighted by molar-refractivity contribution is -0.138. The molecule has 11 heteroatoms. The van der Waals surface area contributed by atoms with Gasteiger partial charge in [0.15, 0.2) is 0 Å². The Kier molecular flexibility index (Phi) is 5.35. The summed E-state index contributed by atoms with van der Waals surface area (Å²) in [5, 5.41) is 1.60. The fraction of sp³-hybridized carbons (Fsp3) is 0.455. The highest BCUT2D eigenvalue weighted by Crippen LogP contribution is 2.12. The van der Waals surface area contributed by atoms with Gasteiger partial charge in [-0.1, -0.05) is 0 Å². The fourth-order valence-electron chi connectivity index (χ4n) is 1.41. The number of amides is 1. The van der Waals surface area contributed by atoms with Crippen molar-refractivity contribution < 1.29 is 26.4 Å². The van der Waals surface area contributed by atoms with Crippen LogP contribution in [0.2, 0.25) is 0 Å². The van der Waals surface area contributed by atoms with Crippen molar-refractivity contribution in [1.29, 1.82) is 0 Å². The number of sulfonamides is 1. The zero-order chi connectivity index (χ0) is 17.1. The van der Waals surface area contributed by atoms with E-state index in [-0.39, 0.29) is 4.90 Å². The molecule has 0 aliphatic carbocycles. The van der Waals surface area contributed by atoms with Crippen molar-refractivity contribution >= 4 is 15.9 Å². The quantitative estimate of drug-likeness (QED) is 0.802. The van der Waals surface area contributed by atoms with Gasteiger partial charge < -0.3 is 9.88 Å². The Balaban J connectivity index is 2.97. The number of carbonyl (C=O) groups excluding carboxylic acids is 1. The number of rotatable bonds is 5. The first-order valence-electron chi connectivity index (χ1n) is 5.90. The Bertz CT molecular complexity index is 710. The number of halogens is 3. The normalized spacial score (nSPS) is 12.5. The van der Waals surface area contributed by atoms with Crippen LogP contribution in [-0.4, -0.2) is 50.0 Å². The number of nitrogens with one attached hydrogen (secondary N) is 1. The number of hydrogen-bond acceptors (Lipinski definition) is 4. The van der Waals surface area contributed by atoms with Crippen LogP contribution >= 0.6 is 0 Å². The molecular weight excluding hydrogens is 327 g/mol. The molecule has 0 saturated heterocycles. The summed E-state index contributed by atoms with van der Waals surface area (Å²) in [6.45, 7) is -2.25. The minimum absolute atomic E-state index is 0.249. The number of nitrogens with zero attached hydrogens (tertiary/aromatic N) is 2. The second-order valence-electron chi connectivity index (χ2n) is 4.51. The van der Waals surface area contributed by atoms with Crippen LogP contribution in [0.3, 0.4) is 0 Å². The molecule has 1 heterocycles. The smallest absolute Gasteiger partial charge is 0.345 e. The van der Waals surface area contributed by atoms with Crippen LogP contribution in [-0.2, 0) is 21.4 Å². The minimum atomic E-state index is -4.57. The molecule has 0 aromatic carbocycles. The lowest BCUT2D eigenvalue weighted by atomic mass is 10.4. The van der Waals surface area contributed by atoms with Gasteiger partial charge in [-0.3, -0.25) is 9.59 Å². The monoisotopic (exact) mass is 341 g/mol. The molecule has 1 rings (SSSR count). The predicted molar refractivity (Wildman–Crippen MR) is 70.6 cm³/mol. The van der Waals surface area contributed by atoms with Crippen LogP contribution in [0.25, 0.3) is 0 Å². The third-order valence-corrected chi connectivity index (χ3v) is 4.33. The Hall–Kier alpha value is -1.88. The summed E-state index contributed by atoms with van der Waals surface area (Å²) < 4.78 is 61.4. The third-order valence-electron chi connectivity index (χ3n) is 2.53. The largest absolute Gasteiger partial charge is 0.405 e. The standard InChI is InChI=1S/C11H14F3N3O4S/c1-16(2)22(20,21)8-3-4-10(19)17(5-8)6-9(18)15-7-11(12,13)14/h3-5H,6-7H2,1-2H3,(H,15,18). The summed E-state index contributed by atoms with van der Waals surface area (Å²) in [6.07, 6.45) is -3.67. The highest BCUT2D eigenvalue weighted by atomic mass is 32.2. The van der Waals surface area contributed by atoms with Crippen molar-refractivity contribution in [3.8, 4) is 0 Å². The second kappa shape index (κ2) is 6.48. The first-order chi connectivity index (χ1) is 9.93. The van der Waals surface area contributed by atoms with E-state index in [0.29, 0.717) is 0 Å². The van der Waals surface area contributed by atoms with E-state index in [1.165, 1.54) is 14.1 Å². The van der Waals surface area contributed by atoms with Gasteiger partial charge in [0.05, 0.1) is 4.90 Å². The number of aromatic nitrogens is 1. The topological polar surface area (TPSA) is 88.5 Å². The second-order valence-corrected chi connectivity index (χ2v) is 6.66. The molecule has 22 heavy (non-hydrogen) atoms. The maximum atomic E-state index is 12.0. The number of hydrogen-bond donors (Lipinski definition) is 1. The molecule has 0 bridgehead atoms. The molecule has 0 unspecified atom stereocenters. The zero-order valence-corrected chi connectivity index (χ0v) is 12.5. The molecular formula is C11H14F3N3O4S. The summed E-state index contributed by atoms with van der Waals surface area (Å²) >= 11 is 0. The van der Waals surface area contributed by atoms with E-state index < -0.39 is 40.8 Å². The Labute approximate surface area is 124 Å². The van der Waals surface area contributed by atoms with Crippen LogP contribution in [0.5, 0.6) is 0 Å². The van der Waals surface area contributed by atoms with Gasteiger partial charge in [-0.25, -0.2) is 12.7 Å². The van der Waals surface area contributed by atoms with E-state index in [4.69, 9.17) is 0 Å². The molecule has 0 fully saturated rings. The van der Waals surface area contributed by atoms with E-state index in [9.17, 15) is 31.2 Å². The molecule has 0 saturated carbocycles. The molecule has 1 aromatic rings. The third kappa shape index (κ3) is 4.84. The first kappa shape index (κ1) is 18.2. The summed E-state index contributed by atoms with van der Waals surface area (Å²) in [4.78, 5) is 22.7. The van der Waals surface area contributed by atoms with Gasteiger partial charge in [-0.05, 0) is 6.07 Å². The maximum Gasteiger partial charge on any atom is 0.405 e. The Morgan fingerprint density at radius 3 is 2.41 bits per heavy atom. The molecule has 1 N–H and O–H groups in total. The highest BCUT2D eigenvalue weighted by Gasteiger charge is 2.27. The Morgan fingerprint density at radius 2 is 1.91 bits per heavy atom. The van der Waals surface area contributed by atoms with Crippen molar-refractivity contribution in [1.82, 2.24) is 14.2 Å². The van der Waals surface area contributed by atoms with E-state index in [2.05, 4.69) is 0 Å². The molecule has 0 aliphatic rings. The van der Waals surface area contributed by atoms with Gasteiger partial charge in [-0.2, -0.15) is 13.2 Å².